The molecule has 0 bridgehead atoms. The van der Waals surface area contributed by atoms with Crippen LogP contribution in [0.3, 0.4) is 0 Å². The minimum absolute atomic E-state index is 0.139. The molecule has 1 rings (SSSR count). The molecule has 8 heteroatoms. The maximum atomic E-state index is 12.4. The van der Waals surface area contributed by atoms with Crippen LogP contribution in [-0.2, 0) is 18.8 Å². The van der Waals surface area contributed by atoms with E-state index in [1.165, 1.54) is 4.90 Å². The van der Waals surface area contributed by atoms with Gasteiger partial charge < -0.3 is 24.1 Å². The van der Waals surface area contributed by atoms with E-state index >= 15 is 0 Å². The number of hydrogen-bond donors (Lipinski definition) is 1. The zero-order valence-corrected chi connectivity index (χ0v) is 17.9. The fourth-order valence-corrected chi connectivity index (χ4v) is 2.56. The summed E-state index contributed by atoms with van der Waals surface area (Å²) in [7, 11) is -0.443. The molecule has 0 aromatic heterocycles. The van der Waals surface area contributed by atoms with E-state index in [2.05, 4.69) is 0 Å². The highest BCUT2D eigenvalue weighted by atomic mass is 16.7. The lowest BCUT2D eigenvalue weighted by atomic mass is 9.90. The number of ether oxygens (including phenoxy) is 1. The van der Waals surface area contributed by atoms with Gasteiger partial charge in [0.15, 0.2) is 0 Å². The van der Waals surface area contributed by atoms with Crippen LogP contribution in [0.15, 0.2) is 12.1 Å². The molecule has 0 aromatic rings. The van der Waals surface area contributed by atoms with E-state index < -0.39 is 42.0 Å². The molecule has 1 saturated heterocycles. The summed E-state index contributed by atoms with van der Waals surface area (Å²) in [4.78, 5) is 24.9. The van der Waals surface area contributed by atoms with Crippen LogP contribution in [0, 0.1) is 0 Å². The van der Waals surface area contributed by atoms with E-state index in [1.54, 1.807) is 27.7 Å². The molecule has 27 heavy (non-hydrogen) atoms. The van der Waals surface area contributed by atoms with Crippen molar-refractivity contribution in [3.05, 3.63) is 12.1 Å². The summed E-state index contributed by atoms with van der Waals surface area (Å²) in [5.41, 5.74) is -1.45. The van der Waals surface area contributed by atoms with Crippen molar-refractivity contribution in [2.45, 2.75) is 91.1 Å². The van der Waals surface area contributed by atoms with Crippen LogP contribution in [0.1, 0.15) is 68.2 Å². The zero-order chi connectivity index (χ0) is 21.0. The molecule has 0 unspecified atom stereocenters. The lowest BCUT2D eigenvalue weighted by Gasteiger charge is -2.32. The van der Waals surface area contributed by atoms with Crippen molar-refractivity contribution in [1.82, 2.24) is 4.90 Å². The molecule has 1 N–H and O–H groups in total. The molecule has 1 amide bonds. The Hall–Kier alpha value is -1.54. The van der Waals surface area contributed by atoms with Gasteiger partial charge in [0.1, 0.15) is 5.60 Å². The first-order valence-electron chi connectivity index (χ1n) is 9.38. The van der Waals surface area contributed by atoms with E-state index in [4.69, 9.17) is 19.2 Å². The topological polar surface area (TPSA) is 85.3 Å². The van der Waals surface area contributed by atoms with Gasteiger partial charge in [0.2, 0.25) is 0 Å². The van der Waals surface area contributed by atoms with E-state index in [-0.39, 0.29) is 6.42 Å². The Kier molecular flexibility index (Phi) is 7.53. The number of carboxylic acid groups (broad SMARTS) is 1. The van der Waals surface area contributed by atoms with Crippen molar-refractivity contribution >= 4 is 19.2 Å². The molecule has 7 nitrogen and oxygen atoms in total. The first-order chi connectivity index (χ1) is 12.1. The lowest BCUT2D eigenvalue weighted by Crippen LogP contribution is -2.43. The maximum absolute atomic E-state index is 12.4. The average Bonchev–Trinajstić information content (AvgIpc) is 2.63. The van der Waals surface area contributed by atoms with E-state index in [1.807, 2.05) is 39.7 Å². The Balaban J connectivity index is 2.68. The third-order valence-corrected chi connectivity index (χ3v) is 4.73. The van der Waals surface area contributed by atoms with Crippen LogP contribution in [0.25, 0.3) is 0 Å². The molecule has 154 valence electrons. The largest absolute Gasteiger partial charge is 0.486 e. The van der Waals surface area contributed by atoms with Crippen LogP contribution in [-0.4, -0.2) is 58.6 Å². The molecule has 1 atom stereocenters. The molecule has 0 radical (unpaired) electrons. The summed E-state index contributed by atoms with van der Waals surface area (Å²) in [6.07, 6.45) is 1.76. The van der Waals surface area contributed by atoms with Crippen LogP contribution in [0.4, 0.5) is 4.79 Å². The standard InChI is InChI=1S/C19H34BNO6/c1-14(13-15(22)23)21(16(24)25-17(2,3)4)12-10-9-11-20-26-18(5,6)19(7,8)27-20/h9,11,14H,10,12-13H2,1-8H3,(H,22,23)/b11-9+/t14-/m1/s1. The molecule has 0 saturated carbocycles. The smallest absolute Gasteiger partial charge is 0.481 e. The number of aliphatic carboxylic acids is 1. The van der Waals surface area contributed by atoms with Crippen molar-refractivity contribution in [3.8, 4) is 0 Å². The van der Waals surface area contributed by atoms with Gasteiger partial charge in [-0.1, -0.05) is 12.1 Å². The number of carboxylic acids is 1. The van der Waals surface area contributed by atoms with Gasteiger partial charge in [-0.25, -0.2) is 4.79 Å². The van der Waals surface area contributed by atoms with Gasteiger partial charge in [0.25, 0.3) is 0 Å². The number of rotatable bonds is 7. The number of nitrogens with zero attached hydrogens (tertiary/aromatic N) is 1. The zero-order valence-electron chi connectivity index (χ0n) is 17.9. The molecule has 1 heterocycles. The average molecular weight is 383 g/mol. The molecule has 0 aliphatic carbocycles. The summed E-state index contributed by atoms with van der Waals surface area (Å²) < 4.78 is 17.2. The second-order valence-electron chi connectivity index (χ2n) is 8.96. The highest BCUT2D eigenvalue weighted by Crippen LogP contribution is 2.36. The van der Waals surface area contributed by atoms with Gasteiger partial charge in [-0.05, 0) is 61.8 Å². The van der Waals surface area contributed by atoms with Crippen molar-refractivity contribution < 1.29 is 28.7 Å². The molecule has 1 aliphatic heterocycles. The second kappa shape index (κ2) is 8.65. The van der Waals surface area contributed by atoms with Crippen LogP contribution in [0.2, 0.25) is 0 Å². The fourth-order valence-electron chi connectivity index (χ4n) is 2.56. The van der Waals surface area contributed by atoms with Gasteiger partial charge >= 0.3 is 19.2 Å². The second-order valence-corrected chi connectivity index (χ2v) is 8.96. The number of carbonyl (C=O) groups excluding carboxylic acids is 1. The maximum Gasteiger partial charge on any atom is 0.486 e. The van der Waals surface area contributed by atoms with E-state index in [0.717, 1.165) is 0 Å². The van der Waals surface area contributed by atoms with Crippen LogP contribution in [0.5, 0.6) is 0 Å². The minimum Gasteiger partial charge on any atom is -0.481 e. The lowest BCUT2D eigenvalue weighted by molar-refractivity contribution is -0.138. The fraction of sp³-hybridized carbons (Fsp3) is 0.789. The first kappa shape index (κ1) is 23.5. The number of hydrogen-bond acceptors (Lipinski definition) is 5. The van der Waals surface area contributed by atoms with Crippen molar-refractivity contribution in [3.63, 3.8) is 0 Å². The third-order valence-electron chi connectivity index (χ3n) is 4.73. The summed E-state index contributed by atoms with van der Waals surface area (Å²) in [6.45, 7) is 15.3. The first-order valence-corrected chi connectivity index (χ1v) is 9.38. The predicted octanol–water partition coefficient (Wildman–Crippen LogP) is 3.66. The normalized spacial score (nSPS) is 19.9. The summed E-state index contributed by atoms with van der Waals surface area (Å²) >= 11 is 0. The molecular weight excluding hydrogens is 349 g/mol. The van der Waals surface area contributed by atoms with Crippen molar-refractivity contribution in [2.75, 3.05) is 6.54 Å². The highest BCUT2D eigenvalue weighted by Gasteiger charge is 2.49. The van der Waals surface area contributed by atoms with Gasteiger partial charge in [0, 0.05) is 12.6 Å². The summed E-state index contributed by atoms with van der Waals surface area (Å²) in [6, 6.07) is -0.470. The van der Waals surface area contributed by atoms with Gasteiger partial charge in [-0.15, -0.1) is 0 Å². The van der Waals surface area contributed by atoms with Gasteiger partial charge in [-0.3, -0.25) is 4.79 Å². The molecule has 1 aliphatic rings. The Morgan fingerprint density at radius 2 is 1.70 bits per heavy atom. The highest BCUT2D eigenvalue weighted by molar-refractivity contribution is 6.51. The Labute approximate surface area is 163 Å². The molecule has 0 spiro atoms. The van der Waals surface area contributed by atoms with E-state index in [0.29, 0.717) is 13.0 Å². The van der Waals surface area contributed by atoms with Gasteiger partial charge in [0.05, 0.1) is 17.6 Å². The van der Waals surface area contributed by atoms with Crippen LogP contribution < -0.4 is 0 Å². The van der Waals surface area contributed by atoms with Crippen molar-refractivity contribution in [1.29, 1.82) is 0 Å². The van der Waals surface area contributed by atoms with Crippen molar-refractivity contribution in [2.24, 2.45) is 0 Å². The number of carbonyl (C=O) groups is 2. The Morgan fingerprint density at radius 1 is 1.19 bits per heavy atom. The summed E-state index contributed by atoms with van der Waals surface area (Å²) in [5.74, 6) is 0.870. The predicted molar refractivity (Wildman–Crippen MR) is 104 cm³/mol. The SMILES string of the molecule is C[C@H](CC(=O)O)N(CC/C=C/B1OC(C)(C)C(C)(C)O1)C(=O)OC(C)(C)C. The molecule has 0 aromatic carbocycles. The third kappa shape index (κ3) is 7.18. The summed E-state index contributed by atoms with van der Waals surface area (Å²) in [5, 5.41) is 9.03. The molecular formula is C19H34BNO6. The van der Waals surface area contributed by atoms with Gasteiger partial charge in [-0.2, -0.15) is 0 Å². The Morgan fingerprint density at radius 3 is 2.15 bits per heavy atom. The minimum atomic E-state index is -0.955. The van der Waals surface area contributed by atoms with E-state index in [9.17, 15) is 9.59 Å². The Bertz CT molecular complexity index is 551. The van der Waals surface area contributed by atoms with Crippen LogP contribution >= 0.6 is 0 Å². The number of amides is 1. The quantitative estimate of drug-likeness (QED) is 0.676. The molecule has 1 fully saturated rings. The monoisotopic (exact) mass is 383 g/mol.